The Balaban J connectivity index is 1.89. The van der Waals surface area contributed by atoms with Crippen molar-refractivity contribution in [3.05, 3.63) is 48.0 Å². The summed E-state index contributed by atoms with van der Waals surface area (Å²) in [7, 11) is 0. The topological polar surface area (TPSA) is 37.3 Å². The molecule has 0 heterocycles. The summed E-state index contributed by atoms with van der Waals surface area (Å²) in [5.41, 5.74) is 1.27. The van der Waals surface area contributed by atoms with Crippen molar-refractivity contribution in [1.29, 1.82) is 0 Å². The maximum atomic E-state index is 10.8. The van der Waals surface area contributed by atoms with E-state index in [9.17, 15) is 4.79 Å². The van der Waals surface area contributed by atoms with Crippen LogP contribution in [0.2, 0.25) is 0 Å². The lowest BCUT2D eigenvalue weighted by Crippen LogP contribution is -2.01. The summed E-state index contributed by atoms with van der Waals surface area (Å²) in [5, 5.41) is 11.4. The van der Waals surface area contributed by atoms with E-state index in [1.165, 1.54) is 16.3 Å². The van der Waals surface area contributed by atoms with Gasteiger partial charge < -0.3 is 5.11 Å². The van der Waals surface area contributed by atoms with Gasteiger partial charge in [0.2, 0.25) is 0 Å². The predicted octanol–water partition coefficient (Wildman–Crippen LogP) is 3.10. The molecule has 1 aliphatic carbocycles. The Hall–Kier alpha value is -1.83. The average molecular weight is 226 g/mol. The molecule has 86 valence electrons. The van der Waals surface area contributed by atoms with Crippen LogP contribution in [0.25, 0.3) is 10.8 Å². The molecule has 1 N–H and O–H groups in total. The van der Waals surface area contributed by atoms with Crippen LogP contribution in [0.1, 0.15) is 12.0 Å². The van der Waals surface area contributed by atoms with Crippen LogP contribution in [0, 0.1) is 11.8 Å². The number of carboxylic acids is 1. The molecule has 0 aromatic heterocycles. The van der Waals surface area contributed by atoms with Crippen molar-refractivity contribution < 1.29 is 9.90 Å². The molecule has 0 amide bonds. The summed E-state index contributed by atoms with van der Waals surface area (Å²) >= 11 is 0. The number of carboxylic acid groups (broad SMARTS) is 1. The molecule has 2 atom stereocenters. The van der Waals surface area contributed by atoms with Crippen molar-refractivity contribution in [2.24, 2.45) is 11.8 Å². The molecule has 2 aromatic carbocycles. The fourth-order valence-electron chi connectivity index (χ4n) is 2.53. The van der Waals surface area contributed by atoms with Crippen molar-refractivity contribution >= 4 is 16.7 Å². The summed E-state index contributed by atoms with van der Waals surface area (Å²) in [4.78, 5) is 10.8. The minimum atomic E-state index is -0.643. The lowest BCUT2D eigenvalue weighted by Gasteiger charge is -2.05. The van der Waals surface area contributed by atoms with Gasteiger partial charge in [-0.3, -0.25) is 4.79 Å². The van der Waals surface area contributed by atoms with E-state index in [2.05, 4.69) is 30.3 Å². The maximum absolute atomic E-state index is 10.8. The van der Waals surface area contributed by atoms with Crippen molar-refractivity contribution in [3.63, 3.8) is 0 Å². The molecular formula is C15H14O2. The van der Waals surface area contributed by atoms with Gasteiger partial charge in [-0.05, 0) is 35.1 Å². The third-order valence-corrected chi connectivity index (χ3v) is 3.60. The van der Waals surface area contributed by atoms with Crippen LogP contribution in [0.4, 0.5) is 0 Å². The largest absolute Gasteiger partial charge is 0.481 e. The smallest absolute Gasteiger partial charge is 0.306 e. The fraction of sp³-hybridized carbons (Fsp3) is 0.267. The first-order valence-corrected chi connectivity index (χ1v) is 5.95. The van der Waals surface area contributed by atoms with Gasteiger partial charge in [-0.1, -0.05) is 42.5 Å². The molecule has 17 heavy (non-hydrogen) atoms. The number of rotatable bonds is 3. The summed E-state index contributed by atoms with van der Waals surface area (Å²) in [6.45, 7) is 0. The molecule has 1 fully saturated rings. The van der Waals surface area contributed by atoms with Crippen LogP contribution in [0.3, 0.4) is 0 Å². The average Bonchev–Trinajstić information content (AvgIpc) is 3.09. The molecular weight excluding hydrogens is 212 g/mol. The van der Waals surface area contributed by atoms with E-state index in [0.29, 0.717) is 5.92 Å². The Kier molecular flexibility index (Phi) is 2.36. The van der Waals surface area contributed by atoms with Crippen molar-refractivity contribution in [2.45, 2.75) is 12.8 Å². The fourth-order valence-corrected chi connectivity index (χ4v) is 2.53. The van der Waals surface area contributed by atoms with E-state index < -0.39 is 5.97 Å². The molecule has 0 saturated heterocycles. The van der Waals surface area contributed by atoms with Gasteiger partial charge in [-0.15, -0.1) is 0 Å². The number of carbonyl (C=O) groups is 1. The summed E-state index contributed by atoms with van der Waals surface area (Å²) < 4.78 is 0. The predicted molar refractivity (Wildman–Crippen MR) is 66.9 cm³/mol. The Morgan fingerprint density at radius 2 is 1.94 bits per heavy atom. The first kappa shape index (κ1) is 10.3. The van der Waals surface area contributed by atoms with Crippen LogP contribution < -0.4 is 0 Å². The quantitative estimate of drug-likeness (QED) is 0.873. The van der Waals surface area contributed by atoms with Crippen LogP contribution in [0.5, 0.6) is 0 Å². The molecule has 1 saturated carbocycles. The van der Waals surface area contributed by atoms with Crippen LogP contribution in [-0.4, -0.2) is 11.1 Å². The van der Waals surface area contributed by atoms with Gasteiger partial charge in [0.1, 0.15) is 0 Å². The third-order valence-electron chi connectivity index (χ3n) is 3.60. The highest BCUT2D eigenvalue weighted by Crippen LogP contribution is 2.42. The number of benzene rings is 2. The number of fused-ring (bicyclic) bond motifs is 1. The molecule has 0 aliphatic heterocycles. The summed E-state index contributed by atoms with van der Waals surface area (Å²) in [5.74, 6) is -0.428. The maximum Gasteiger partial charge on any atom is 0.306 e. The van der Waals surface area contributed by atoms with Crippen molar-refractivity contribution in [3.8, 4) is 0 Å². The zero-order valence-corrected chi connectivity index (χ0v) is 9.47. The van der Waals surface area contributed by atoms with Gasteiger partial charge in [0.25, 0.3) is 0 Å². The number of aliphatic carboxylic acids is 1. The standard InChI is InChI=1S/C15H14O2/c16-15(17)14-9-12(14)8-11-6-3-5-10-4-1-2-7-13(10)11/h1-7,12,14H,8-9H2,(H,16,17). The van der Waals surface area contributed by atoms with Gasteiger partial charge in [-0.25, -0.2) is 0 Å². The van der Waals surface area contributed by atoms with Crippen LogP contribution in [-0.2, 0) is 11.2 Å². The summed E-state index contributed by atoms with van der Waals surface area (Å²) in [6.07, 6.45) is 1.72. The lowest BCUT2D eigenvalue weighted by molar-refractivity contribution is -0.138. The minimum absolute atomic E-state index is 0.117. The van der Waals surface area contributed by atoms with E-state index >= 15 is 0 Å². The van der Waals surface area contributed by atoms with Gasteiger partial charge in [-0.2, -0.15) is 0 Å². The summed E-state index contributed by atoms with van der Waals surface area (Å²) in [6, 6.07) is 14.5. The molecule has 0 bridgehead atoms. The second-order valence-electron chi connectivity index (χ2n) is 4.78. The number of hydrogen-bond donors (Lipinski definition) is 1. The van der Waals surface area contributed by atoms with Crippen molar-refractivity contribution in [1.82, 2.24) is 0 Å². The van der Waals surface area contributed by atoms with Gasteiger partial charge in [0.05, 0.1) is 5.92 Å². The molecule has 3 rings (SSSR count). The molecule has 2 nitrogen and oxygen atoms in total. The van der Waals surface area contributed by atoms with E-state index in [0.717, 1.165) is 12.8 Å². The highest BCUT2D eigenvalue weighted by Gasteiger charge is 2.42. The van der Waals surface area contributed by atoms with Gasteiger partial charge in [0.15, 0.2) is 0 Å². The number of hydrogen-bond acceptors (Lipinski definition) is 1. The normalized spacial score (nSPS) is 22.6. The van der Waals surface area contributed by atoms with E-state index in [-0.39, 0.29) is 5.92 Å². The second kappa shape index (κ2) is 3.88. The third kappa shape index (κ3) is 1.91. The first-order valence-electron chi connectivity index (χ1n) is 5.95. The lowest BCUT2D eigenvalue weighted by atomic mass is 10.00. The van der Waals surface area contributed by atoms with Crippen LogP contribution in [0.15, 0.2) is 42.5 Å². The van der Waals surface area contributed by atoms with Gasteiger partial charge in [0, 0.05) is 0 Å². The molecule has 0 radical (unpaired) electrons. The zero-order chi connectivity index (χ0) is 11.8. The molecule has 1 aliphatic rings. The van der Waals surface area contributed by atoms with Crippen molar-refractivity contribution in [2.75, 3.05) is 0 Å². The Morgan fingerprint density at radius 1 is 1.18 bits per heavy atom. The minimum Gasteiger partial charge on any atom is -0.481 e. The van der Waals surface area contributed by atoms with E-state index in [1.54, 1.807) is 0 Å². The second-order valence-corrected chi connectivity index (χ2v) is 4.78. The van der Waals surface area contributed by atoms with Crippen LogP contribution >= 0.6 is 0 Å². The van der Waals surface area contributed by atoms with E-state index in [1.807, 2.05) is 12.1 Å². The first-order chi connectivity index (χ1) is 8.25. The highest BCUT2D eigenvalue weighted by molar-refractivity contribution is 5.85. The Labute approximate surface area is 99.9 Å². The van der Waals surface area contributed by atoms with Gasteiger partial charge >= 0.3 is 5.97 Å². The monoisotopic (exact) mass is 226 g/mol. The highest BCUT2D eigenvalue weighted by atomic mass is 16.4. The molecule has 2 unspecified atom stereocenters. The molecule has 2 aromatic rings. The Morgan fingerprint density at radius 3 is 2.71 bits per heavy atom. The zero-order valence-electron chi connectivity index (χ0n) is 9.47. The van der Waals surface area contributed by atoms with E-state index in [4.69, 9.17) is 5.11 Å². The molecule has 0 spiro atoms. The SMILES string of the molecule is O=C(O)C1CC1Cc1cccc2ccccc12. The molecule has 2 heteroatoms. The Bertz CT molecular complexity index is 569.